The molecule has 90 valence electrons. The van der Waals surface area contributed by atoms with Crippen molar-refractivity contribution in [2.75, 3.05) is 5.32 Å². The van der Waals surface area contributed by atoms with Crippen LogP contribution in [0.3, 0.4) is 0 Å². The van der Waals surface area contributed by atoms with E-state index in [4.69, 9.17) is 5.73 Å². The molecule has 0 heterocycles. The van der Waals surface area contributed by atoms with Gasteiger partial charge in [0.05, 0.1) is 6.04 Å². The normalized spacial score (nSPS) is 11.4. The molecule has 0 aliphatic heterocycles. The van der Waals surface area contributed by atoms with Crippen LogP contribution in [0.25, 0.3) is 0 Å². The molecule has 0 aromatic heterocycles. The smallest absolute Gasteiger partial charge is 0.241 e. The first kappa shape index (κ1) is 15.7. The maximum absolute atomic E-state index is 11.5. The average molecular weight is 355 g/mol. The lowest BCUT2D eigenvalue weighted by Gasteiger charge is -2.10. The standard InChI is InChI=1S/C11H15IN2O.ClH/c1-2-3-10(13)11(15)14-9-6-4-8(12)5-7-9;/h4-7,10H,2-3,13H2,1H3,(H,14,15);1H. The number of benzene rings is 1. The molecule has 3 nitrogen and oxygen atoms in total. The molecular weight excluding hydrogens is 338 g/mol. The van der Waals surface area contributed by atoms with Crippen molar-refractivity contribution in [3.63, 3.8) is 0 Å². The third-order valence-electron chi connectivity index (χ3n) is 2.05. The summed E-state index contributed by atoms with van der Waals surface area (Å²) in [6.07, 6.45) is 1.64. The number of anilines is 1. The molecule has 0 saturated heterocycles. The lowest BCUT2D eigenvalue weighted by atomic mass is 10.1. The minimum Gasteiger partial charge on any atom is -0.325 e. The fourth-order valence-electron chi connectivity index (χ4n) is 1.21. The summed E-state index contributed by atoms with van der Waals surface area (Å²) < 4.78 is 1.14. The van der Waals surface area contributed by atoms with E-state index in [1.165, 1.54) is 0 Å². The van der Waals surface area contributed by atoms with Crippen LogP contribution in [0.2, 0.25) is 0 Å². The summed E-state index contributed by atoms with van der Waals surface area (Å²) in [4.78, 5) is 11.5. The van der Waals surface area contributed by atoms with Crippen LogP contribution >= 0.6 is 35.0 Å². The number of hydrogen-bond acceptors (Lipinski definition) is 2. The van der Waals surface area contributed by atoms with Gasteiger partial charge in [0.25, 0.3) is 0 Å². The maximum atomic E-state index is 11.5. The second-order valence-electron chi connectivity index (χ2n) is 3.39. The number of carbonyl (C=O) groups is 1. The Kier molecular flexibility index (Phi) is 7.70. The van der Waals surface area contributed by atoms with Gasteiger partial charge in [-0.3, -0.25) is 4.79 Å². The van der Waals surface area contributed by atoms with E-state index in [1.807, 2.05) is 31.2 Å². The van der Waals surface area contributed by atoms with Crippen LogP contribution in [0.1, 0.15) is 19.8 Å². The molecule has 0 saturated carbocycles. The summed E-state index contributed by atoms with van der Waals surface area (Å²) in [5.74, 6) is -0.113. The van der Waals surface area contributed by atoms with Gasteiger partial charge in [-0.25, -0.2) is 0 Å². The van der Waals surface area contributed by atoms with Crippen LogP contribution in [0.5, 0.6) is 0 Å². The van der Waals surface area contributed by atoms with Crippen LogP contribution < -0.4 is 11.1 Å². The van der Waals surface area contributed by atoms with Gasteiger partial charge in [0.15, 0.2) is 0 Å². The van der Waals surface area contributed by atoms with Crippen molar-refractivity contribution >= 4 is 46.6 Å². The van der Waals surface area contributed by atoms with Gasteiger partial charge in [0.2, 0.25) is 5.91 Å². The third kappa shape index (κ3) is 5.14. The molecule has 5 heteroatoms. The summed E-state index contributed by atoms with van der Waals surface area (Å²) in [5.41, 5.74) is 6.49. The van der Waals surface area contributed by atoms with Crippen molar-refractivity contribution in [2.45, 2.75) is 25.8 Å². The quantitative estimate of drug-likeness (QED) is 0.817. The van der Waals surface area contributed by atoms with Crippen molar-refractivity contribution in [1.82, 2.24) is 0 Å². The zero-order valence-corrected chi connectivity index (χ0v) is 12.0. The summed E-state index contributed by atoms with van der Waals surface area (Å²) in [7, 11) is 0. The topological polar surface area (TPSA) is 55.1 Å². The van der Waals surface area contributed by atoms with Crippen LogP contribution in [-0.4, -0.2) is 11.9 Å². The molecule has 1 aromatic carbocycles. The van der Waals surface area contributed by atoms with Gasteiger partial charge in [-0.2, -0.15) is 0 Å². The number of hydrogen-bond donors (Lipinski definition) is 2. The van der Waals surface area contributed by atoms with E-state index in [0.29, 0.717) is 0 Å². The van der Waals surface area contributed by atoms with Gasteiger partial charge < -0.3 is 11.1 Å². The Bertz CT molecular complexity index is 329. The Hall–Kier alpha value is -0.330. The highest BCUT2D eigenvalue weighted by atomic mass is 127. The SMILES string of the molecule is CCCC(N)C(=O)Nc1ccc(I)cc1.Cl. The Labute approximate surface area is 116 Å². The molecule has 1 atom stereocenters. The van der Waals surface area contributed by atoms with E-state index in [-0.39, 0.29) is 18.3 Å². The van der Waals surface area contributed by atoms with Crippen LogP contribution in [0.4, 0.5) is 5.69 Å². The lowest BCUT2D eigenvalue weighted by molar-refractivity contribution is -0.117. The van der Waals surface area contributed by atoms with Crippen molar-refractivity contribution in [3.8, 4) is 0 Å². The van der Waals surface area contributed by atoms with E-state index in [2.05, 4.69) is 27.9 Å². The van der Waals surface area contributed by atoms with Gasteiger partial charge in [0.1, 0.15) is 0 Å². The molecule has 16 heavy (non-hydrogen) atoms. The molecule has 1 aromatic rings. The first-order valence-electron chi connectivity index (χ1n) is 4.95. The van der Waals surface area contributed by atoms with E-state index < -0.39 is 6.04 Å². The fraction of sp³-hybridized carbons (Fsp3) is 0.364. The molecule has 0 radical (unpaired) electrons. The van der Waals surface area contributed by atoms with Gasteiger partial charge in [0, 0.05) is 9.26 Å². The monoisotopic (exact) mass is 354 g/mol. The first-order valence-corrected chi connectivity index (χ1v) is 6.03. The van der Waals surface area contributed by atoms with Crippen LogP contribution in [0, 0.1) is 3.57 Å². The summed E-state index contributed by atoms with van der Waals surface area (Å²) in [6, 6.07) is 7.23. The van der Waals surface area contributed by atoms with E-state index >= 15 is 0 Å². The third-order valence-corrected chi connectivity index (χ3v) is 2.77. The molecule has 0 spiro atoms. The van der Waals surface area contributed by atoms with Crippen molar-refractivity contribution in [1.29, 1.82) is 0 Å². The number of halogens is 2. The predicted octanol–water partition coefficient (Wildman–Crippen LogP) is 2.78. The van der Waals surface area contributed by atoms with Gasteiger partial charge in [-0.1, -0.05) is 13.3 Å². The highest BCUT2D eigenvalue weighted by Gasteiger charge is 2.11. The molecule has 0 bridgehead atoms. The maximum Gasteiger partial charge on any atom is 0.241 e. The number of nitrogens with one attached hydrogen (secondary N) is 1. The van der Waals surface area contributed by atoms with Crippen molar-refractivity contribution in [2.24, 2.45) is 5.73 Å². The molecule has 1 amide bonds. The van der Waals surface area contributed by atoms with Crippen LogP contribution in [-0.2, 0) is 4.79 Å². The summed E-state index contributed by atoms with van der Waals surface area (Å²) >= 11 is 2.22. The highest BCUT2D eigenvalue weighted by molar-refractivity contribution is 14.1. The lowest BCUT2D eigenvalue weighted by Crippen LogP contribution is -2.35. The van der Waals surface area contributed by atoms with E-state index in [0.717, 1.165) is 22.1 Å². The molecule has 0 aliphatic carbocycles. The fourth-order valence-corrected chi connectivity index (χ4v) is 1.57. The summed E-state index contributed by atoms with van der Waals surface area (Å²) in [6.45, 7) is 2.01. The average Bonchev–Trinajstić information content (AvgIpc) is 2.22. The second kappa shape index (κ2) is 7.86. The Morgan fingerprint density at radius 1 is 1.44 bits per heavy atom. The number of amides is 1. The van der Waals surface area contributed by atoms with Crippen molar-refractivity contribution < 1.29 is 4.79 Å². The molecule has 0 fully saturated rings. The zero-order chi connectivity index (χ0) is 11.3. The largest absolute Gasteiger partial charge is 0.325 e. The van der Waals surface area contributed by atoms with Crippen molar-refractivity contribution in [3.05, 3.63) is 27.8 Å². The Morgan fingerprint density at radius 2 is 2.00 bits per heavy atom. The van der Waals surface area contributed by atoms with E-state index in [1.54, 1.807) is 0 Å². The highest BCUT2D eigenvalue weighted by Crippen LogP contribution is 2.11. The minimum absolute atomic E-state index is 0. The Morgan fingerprint density at radius 3 is 2.50 bits per heavy atom. The molecule has 0 aliphatic rings. The summed E-state index contributed by atoms with van der Waals surface area (Å²) in [5, 5.41) is 2.79. The number of nitrogens with two attached hydrogens (primary N) is 1. The first-order chi connectivity index (χ1) is 7.13. The molecule has 1 unspecified atom stereocenters. The van der Waals surface area contributed by atoms with Crippen LogP contribution in [0.15, 0.2) is 24.3 Å². The molecule has 3 N–H and O–H groups in total. The number of carbonyl (C=O) groups excluding carboxylic acids is 1. The minimum atomic E-state index is -0.408. The molecular formula is C11H16ClIN2O. The zero-order valence-electron chi connectivity index (χ0n) is 9.07. The number of rotatable bonds is 4. The van der Waals surface area contributed by atoms with Gasteiger partial charge in [-0.15, -0.1) is 12.4 Å². The van der Waals surface area contributed by atoms with Gasteiger partial charge >= 0.3 is 0 Å². The predicted molar refractivity (Wildman–Crippen MR) is 77.9 cm³/mol. The second-order valence-corrected chi connectivity index (χ2v) is 4.64. The van der Waals surface area contributed by atoms with Gasteiger partial charge in [-0.05, 0) is 53.3 Å². The Balaban J connectivity index is 0.00000225. The molecule has 1 rings (SSSR count). The van der Waals surface area contributed by atoms with E-state index in [9.17, 15) is 4.79 Å².